The molecule has 0 aliphatic carbocycles. The van der Waals surface area contributed by atoms with Crippen LogP contribution in [0.25, 0.3) is 0 Å². The van der Waals surface area contributed by atoms with Crippen LogP contribution in [0, 0.1) is 5.41 Å². The quantitative estimate of drug-likeness (QED) is 0.723. The van der Waals surface area contributed by atoms with Gasteiger partial charge < -0.3 is 14.8 Å². The summed E-state index contributed by atoms with van der Waals surface area (Å²) in [4.78, 5) is 0. The first-order valence-electron chi connectivity index (χ1n) is 7.04. The number of halogens is 1. The molecule has 3 nitrogen and oxygen atoms in total. The van der Waals surface area contributed by atoms with Crippen LogP contribution in [-0.2, 0) is 11.3 Å². The van der Waals surface area contributed by atoms with Crippen molar-refractivity contribution in [3.05, 3.63) is 28.2 Å². The van der Waals surface area contributed by atoms with Crippen molar-refractivity contribution in [3.63, 3.8) is 0 Å². The Kier molecular flexibility index (Phi) is 7.56. The molecule has 20 heavy (non-hydrogen) atoms. The summed E-state index contributed by atoms with van der Waals surface area (Å²) >= 11 is 3.57. The number of methoxy groups -OCH3 is 1. The minimum atomic E-state index is 0.290. The Bertz CT molecular complexity index is 402. The molecular weight excluding hydrogens is 318 g/mol. The fourth-order valence-corrected chi connectivity index (χ4v) is 2.23. The highest BCUT2D eigenvalue weighted by molar-refractivity contribution is 9.10. The van der Waals surface area contributed by atoms with Gasteiger partial charge in [-0.3, -0.25) is 0 Å². The van der Waals surface area contributed by atoms with Crippen LogP contribution in [0.4, 0.5) is 0 Å². The number of hydrogen-bond acceptors (Lipinski definition) is 3. The van der Waals surface area contributed by atoms with Crippen LogP contribution < -0.4 is 10.1 Å². The number of ether oxygens (including phenoxy) is 2. The lowest BCUT2D eigenvalue weighted by molar-refractivity contribution is 0.198. The highest BCUT2D eigenvalue weighted by Crippen LogP contribution is 2.30. The lowest BCUT2D eigenvalue weighted by Gasteiger charge is -2.20. The van der Waals surface area contributed by atoms with E-state index in [2.05, 4.69) is 48.1 Å². The summed E-state index contributed by atoms with van der Waals surface area (Å²) in [5.74, 6) is 0.946. The summed E-state index contributed by atoms with van der Waals surface area (Å²) in [5, 5.41) is 3.35. The van der Waals surface area contributed by atoms with Gasteiger partial charge in [-0.15, -0.1) is 0 Å². The molecular formula is C16H26BrNO2. The van der Waals surface area contributed by atoms with Gasteiger partial charge in [0.25, 0.3) is 0 Å². The van der Waals surface area contributed by atoms with E-state index in [9.17, 15) is 0 Å². The SMILES string of the molecule is COCCNCc1cccc(Br)c1OCCC(C)(C)C. The third kappa shape index (κ3) is 6.73. The highest BCUT2D eigenvalue weighted by atomic mass is 79.9. The standard InChI is InChI=1S/C16H26BrNO2/c1-16(2,3)8-10-20-15-13(6-5-7-14(15)17)12-18-9-11-19-4/h5-7,18H,8-12H2,1-4H3. The van der Waals surface area contributed by atoms with Gasteiger partial charge in [0.2, 0.25) is 0 Å². The van der Waals surface area contributed by atoms with Crippen molar-refractivity contribution >= 4 is 15.9 Å². The smallest absolute Gasteiger partial charge is 0.137 e. The third-order valence-electron chi connectivity index (χ3n) is 2.95. The number of hydrogen-bond donors (Lipinski definition) is 1. The lowest BCUT2D eigenvalue weighted by atomic mass is 9.93. The topological polar surface area (TPSA) is 30.5 Å². The first kappa shape index (κ1) is 17.5. The van der Waals surface area contributed by atoms with E-state index in [1.807, 2.05) is 12.1 Å². The first-order chi connectivity index (χ1) is 9.44. The molecule has 0 unspecified atom stereocenters. The van der Waals surface area contributed by atoms with Crippen molar-refractivity contribution in [1.29, 1.82) is 0 Å². The Morgan fingerprint density at radius 3 is 2.60 bits per heavy atom. The van der Waals surface area contributed by atoms with Gasteiger partial charge in [-0.1, -0.05) is 32.9 Å². The molecule has 0 heterocycles. The molecule has 0 aliphatic rings. The van der Waals surface area contributed by atoms with Crippen LogP contribution in [0.1, 0.15) is 32.8 Å². The highest BCUT2D eigenvalue weighted by Gasteiger charge is 2.12. The van der Waals surface area contributed by atoms with Crippen LogP contribution in [0.2, 0.25) is 0 Å². The van der Waals surface area contributed by atoms with Gasteiger partial charge in [0.05, 0.1) is 17.7 Å². The second-order valence-corrected chi connectivity index (χ2v) is 6.91. The van der Waals surface area contributed by atoms with Gasteiger partial charge >= 0.3 is 0 Å². The molecule has 0 radical (unpaired) electrons. The van der Waals surface area contributed by atoms with Crippen molar-refractivity contribution < 1.29 is 9.47 Å². The maximum Gasteiger partial charge on any atom is 0.137 e. The predicted octanol–water partition coefficient (Wildman–Crippen LogP) is 4.00. The number of rotatable bonds is 8. The Morgan fingerprint density at radius 2 is 1.95 bits per heavy atom. The Morgan fingerprint density at radius 1 is 1.20 bits per heavy atom. The second kappa shape index (κ2) is 8.65. The average Bonchev–Trinajstić information content (AvgIpc) is 2.36. The fraction of sp³-hybridized carbons (Fsp3) is 0.625. The van der Waals surface area contributed by atoms with Crippen LogP contribution in [0.3, 0.4) is 0 Å². The van der Waals surface area contributed by atoms with Gasteiger partial charge in [-0.2, -0.15) is 0 Å². The number of benzene rings is 1. The Hall–Kier alpha value is -0.580. The van der Waals surface area contributed by atoms with E-state index in [-0.39, 0.29) is 5.41 Å². The molecule has 1 aromatic carbocycles. The van der Waals surface area contributed by atoms with Crippen molar-refractivity contribution in [2.24, 2.45) is 5.41 Å². The van der Waals surface area contributed by atoms with E-state index in [0.717, 1.165) is 36.3 Å². The molecule has 0 aromatic heterocycles. The molecule has 0 spiro atoms. The maximum absolute atomic E-state index is 5.98. The normalized spacial score (nSPS) is 11.7. The molecule has 0 atom stereocenters. The van der Waals surface area contributed by atoms with Crippen LogP contribution >= 0.6 is 15.9 Å². The summed E-state index contributed by atoms with van der Waals surface area (Å²) in [5.41, 5.74) is 1.46. The van der Waals surface area contributed by atoms with Gasteiger partial charge in [0, 0.05) is 25.8 Å². The van der Waals surface area contributed by atoms with Gasteiger partial charge in [0.1, 0.15) is 5.75 Å². The van der Waals surface area contributed by atoms with Gasteiger partial charge in [-0.05, 0) is 33.8 Å². The van der Waals surface area contributed by atoms with E-state index in [0.29, 0.717) is 6.61 Å². The van der Waals surface area contributed by atoms with E-state index in [4.69, 9.17) is 9.47 Å². The molecule has 0 saturated heterocycles. The predicted molar refractivity (Wildman–Crippen MR) is 87.3 cm³/mol. The molecule has 1 N–H and O–H groups in total. The monoisotopic (exact) mass is 343 g/mol. The largest absolute Gasteiger partial charge is 0.492 e. The van der Waals surface area contributed by atoms with Crippen LogP contribution in [0.5, 0.6) is 5.75 Å². The van der Waals surface area contributed by atoms with Crippen molar-refractivity contribution in [1.82, 2.24) is 5.32 Å². The zero-order chi connectivity index (χ0) is 15.0. The summed E-state index contributed by atoms with van der Waals surface area (Å²) in [6.45, 7) is 9.75. The number of nitrogens with one attached hydrogen (secondary N) is 1. The molecule has 0 bridgehead atoms. The fourth-order valence-electron chi connectivity index (χ4n) is 1.71. The molecule has 4 heteroatoms. The minimum Gasteiger partial charge on any atom is -0.492 e. The van der Waals surface area contributed by atoms with Crippen molar-refractivity contribution in [2.45, 2.75) is 33.7 Å². The summed E-state index contributed by atoms with van der Waals surface area (Å²) < 4.78 is 12.0. The van der Waals surface area contributed by atoms with Crippen LogP contribution in [0.15, 0.2) is 22.7 Å². The summed E-state index contributed by atoms with van der Waals surface area (Å²) in [7, 11) is 1.71. The zero-order valence-corrected chi connectivity index (χ0v) is 14.5. The third-order valence-corrected chi connectivity index (χ3v) is 3.57. The van der Waals surface area contributed by atoms with Crippen molar-refractivity contribution in [2.75, 3.05) is 26.9 Å². The summed E-state index contributed by atoms with van der Waals surface area (Å²) in [6, 6.07) is 6.15. The molecule has 0 saturated carbocycles. The Balaban J connectivity index is 2.58. The molecule has 114 valence electrons. The zero-order valence-electron chi connectivity index (χ0n) is 13.0. The maximum atomic E-state index is 5.98. The van der Waals surface area contributed by atoms with Crippen molar-refractivity contribution in [3.8, 4) is 5.75 Å². The lowest BCUT2D eigenvalue weighted by Crippen LogP contribution is -2.19. The van der Waals surface area contributed by atoms with E-state index < -0.39 is 0 Å². The van der Waals surface area contributed by atoms with E-state index in [1.54, 1.807) is 7.11 Å². The van der Waals surface area contributed by atoms with Gasteiger partial charge in [-0.25, -0.2) is 0 Å². The molecule has 1 aromatic rings. The van der Waals surface area contributed by atoms with E-state index in [1.165, 1.54) is 5.56 Å². The Labute approximate surface area is 131 Å². The first-order valence-corrected chi connectivity index (χ1v) is 7.83. The number of para-hydroxylation sites is 1. The minimum absolute atomic E-state index is 0.290. The van der Waals surface area contributed by atoms with Gasteiger partial charge in [0.15, 0.2) is 0 Å². The summed E-state index contributed by atoms with van der Waals surface area (Å²) in [6.07, 6.45) is 1.03. The van der Waals surface area contributed by atoms with Crippen LogP contribution in [-0.4, -0.2) is 26.9 Å². The molecule has 1 rings (SSSR count). The van der Waals surface area contributed by atoms with E-state index >= 15 is 0 Å². The molecule has 0 fully saturated rings. The average molecular weight is 344 g/mol. The molecule has 0 amide bonds. The molecule has 0 aliphatic heterocycles. The second-order valence-electron chi connectivity index (χ2n) is 6.06.